The molecule has 36 heavy (non-hydrogen) atoms. The van der Waals surface area contributed by atoms with Crippen LogP contribution in [-0.2, 0) is 16.1 Å². The monoisotopic (exact) mass is 519 g/mol. The molecule has 0 spiro atoms. The van der Waals surface area contributed by atoms with E-state index in [0.717, 1.165) is 16.3 Å². The summed E-state index contributed by atoms with van der Waals surface area (Å²) < 4.78 is 2.36. The Morgan fingerprint density at radius 3 is 2.25 bits per heavy atom. The number of fused-ring (bicyclic) bond motifs is 1. The van der Waals surface area contributed by atoms with E-state index in [-0.39, 0.29) is 22.5 Å². The molecule has 1 fully saturated rings. The Labute approximate surface area is 222 Å². The molecule has 0 aliphatic carbocycles. The van der Waals surface area contributed by atoms with Gasteiger partial charge in [0.1, 0.15) is 5.57 Å². The largest absolute Gasteiger partial charge is 0.347 e. The number of amides is 2. The maximum absolute atomic E-state index is 12.9. The van der Waals surface area contributed by atoms with Crippen molar-refractivity contribution < 1.29 is 9.59 Å². The minimum absolute atomic E-state index is 0.163. The van der Waals surface area contributed by atoms with Crippen LogP contribution in [0.25, 0.3) is 29.1 Å². The molecule has 1 saturated heterocycles. The molecular weight excluding hydrogens is 486 g/mol. The molecule has 1 aliphatic heterocycles. The highest BCUT2D eigenvalue weighted by molar-refractivity contribution is 7.80. The Balaban J connectivity index is 1.56. The number of thiocarbonyl (C=S) groups is 1. The Morgan fingerprint density at radius 1 is 0.861 bits per heavy atom. The van der Waals surface area contributed by atoms with E-state index >= 15 is 0 Å². The van der Waals surface area contributed by atoms with Crippen LogP contribution in [0.2, 0.25) is 0 Å². The summed E-state index contributed by atoms with van der Waals surface area (Å²) in [7, 11) is 0. The molecule has 4 rings (SSSR count). The minimum atomic E-state index is -0.325. The third kappa shape index (κ3) is 5.37. The van der Waals surface area contributed by atoms with Gasteiger partial charge in [0.05, 0.1) is 0 Å². The van der Waals surface area contributed by atoms with Crippen LogP contribution in [0.15, 0.2) is 48.2 Å². The molecule has 188 valence electrons. The van der Waals surface area contributed by atoms with Gasteiger partial charge in [0.25, 0.3) is 11.8 Å². The van der Waals surface area contributed by atoms with Crippen LogP contribution in [0, 0.1) is 0 Å². The van der Waals surface area contributed by atoms with E-state index in [1.807, 2.05) is 26.0 Å². The van der Waals surface area contributed by atoms with E-state index < -0.39 is 0 Å². The lowest BCUT2D eigenvalue weighted by Gasteiger charge is -2.35. The maximum atomic E-state index is 12.9. The SMILES string of the molecule is CCCCCCn1cc(/C=C/c2ccc(C=C3C(=O)N(CC)C(=S)N(CC)C3=O)s2)c2ccccc21. The number of aromatic nitrogens is 1. The van der Waals surface area contributed by atoms with Crippen LogP contribution < -0.4 is 0 Å². The van der Waals surface area contributed by atoms with Gasteiger partial charge in [-0.25, -0.2) is 0 Å². The van der Waals surface area contributed by atoms with E-state index in [9.17, 15) is 9.59 Å². The normalized spacial score (nSPS) is 14.6. The second-order valence-electron chi connectivity index (χ2n) is 8.87. The van der Waals surface area contributed by atoms with Gasteiger partial charge in [-0.1, -0.05) is 50.5 Å². The summed E-state index contributed by atoms with van der Waals surface area (Å²) in [6.45, 7) is 7.86. The number of nitrogens with zero attached hydrogens (tertiary/aromatic N) is 3. The van der Waals surface area contributed by atoms with Gasteiger partial charge in [-0.3, -0.25) is 19.4 Å². The third-order valence-electron chi connectivity index (χ3n) is 6.48. The summed E-state index contributed by atoms with van der Waals surface area (Å²) >= 11 is 6.90. The van der Waals surface area contributed by atoms with Crippen molar-refractivity contribution in [3.05, 3.63) is 63.5 Å². The van der Waals surface area contributed by atoms with E-state index in [0.29, 0.717) is 13.1 Å². The first-order valence-electron chi connectivity index (χ1n) is 12.7. The molecular formula is C29H33N3O2S2. The van der Waals surface area contributed by atoms with E-state index in [2.05, 4.69) is 54.1 Å². The number of aryl methyl sites for hydroxylation is 1. The van der Waals surface area contributed by atoms with Crippen LogP contribution in [0.4, 0.5) is 0 Å². The van der Waals surface area contributed by atoms with Crippen molar-refractivity contribution in [2.45, 2.75) is 53.0 Å². The maximum Gasteiger partial charge on any atom is 0.265 e. The molecule has 3 heterocycles. The lowest BCUT2D eigenvalue weighted by atomic mass is 10.1. The molecule has 2 amide bonds. The molecule has 5 nitrogen and oxygen atoms in total. The summed E-state index contributed by atoms with van der Waals surface area (Å²) in [4.78, 5) is 30.7. The quantitative estimate of drug-likeness (QED) is 0.128. The van der Waals surface area contributed by atoms with Crippen molar-refractivity contribution in [3.8, 4) is 0 Å². The topological polar surface area (TPSA) is 45.6 Å². The van der Waals surface area contributed by atoms with Crippen molar-refractivity contribution in [2.24, 2.45) is 0 Å². The van der Waals surface area contributed by atoms with Crippen molar-refractivity contribution in [1.29, 1.82) is 0 Å². The highest BCUT2D eigenvalue weighted by Gasteiger charge is 2.37. The van der Waals surface area contributed by atoms with Crippen molar-refractivity contribution in [1.82, 2.24) is 14.4 Å². The number of thiophene rings is 1. The molecule has 0 unspecified atom stereocenters. The summed E-state index contributed by atoms with van der Waals surface area (Å²) in [6.07, 6.45) is 13.2. The van der Waals surface area contributed by atoms with Gasteiger partial charge in [-0.15, -0.1) is 11.3 Å². The zero-order valence-electron chi connectivity index (χ0n) is 21.2. The number of hydrogen-bond donors (Lipinski definition) is 0. The first-order valence-corrected chi connectivity index (χ1v) is 14.0. The van der Waals surface area contributed by atoms with Crippen LogP contribution in [0.1, 0.15) is 61.8 Å². The van der Waals surface area contributed by atoms with Gasteiger partial charge in [0.15, 0.2) is 5.11 Å². The van der Waals surface area contributed by atoms with Gasteiger partial charge in [-0.05, 0) is 62.8 Å². The van der Waals surface area contributed by atoms with Gasteiger partial charge in [-0.2, -0.15) is 0 Å². The van der Waals surface area contributed by atoms with Crippen molar-refractivity contribution in [3.63, 3.8) is 0 Å². The molecule has 2 aromatic heterocycles. The second kappa shape index (κ2) is 11.8. The Bertz CT molecular complexity index is 1300. The molecule has 1 aliphatic rings. The predicted molar refractivity (Wildman–Crippen MR) is 155 cm³/mol. The molecule has 0 N–H and O–H groups in total. The van der Waals surface area contributed by atoms with Crippen LogP contribution in [-0.4, -0.2) is 44.4 Å². The average molecular weight is 520 g/mol. The van der Waals surface area contributed by atoms with E-state index in [4.69, 9.17) is 12.2 Å². The summed E-state index contributed by atoms with van der Waals surface area (Å²) in [6, 6.07) is 12.5. The summed E-state index contributed by atoms with van der Waals surface area (Å²) in [5.74, 6) is -0.649. The number of unbranched alkanes of at least 4 members (excludes halogenated alkanes) is 3. The van der Waals surface area contributed by atoms with Crippen LogP contribution >= 0.6 is 23.6 Å². The molecule has 3 aromatic rings. The summed E-state index contributed by atoms with van der Waals surface area (Å²) in [5.41, 5.74) is 2.62. The minimum Gasteiger partial charge on any atom is -0.347 e. The highest BCUT2D eigenvalue weighted by atomic mass is 32.1. The first-order chi connectivity index (χ1) is 17.5. The molecule has 0 atom stereocenters. The second-order valence-corrected chi connectivity index (χ2v) is 10.4. The fourth-order valence-electron chi connectivity index (χ4n) is 4.53. The molecule has 0 bridgehead atoms. The van der Waals surface area contributed by atoms with E-state index in [1.54, 1.807) is 17.4 Å². The van der Waals surface area contributed by atoms with Crippen molar-refractivity contribution >= 4 is 69.6 Å². The summed E-state index contributed by atoms with van der Waals surface area (Å²) in [5, 5.41) is 1.53. The zero-order chi connectivity index (χ0) is 25.7. The number of hydrogen-bond acceptors (Lipinski definition) is 4. The number of para-hydroxylation sites is 1. The van der Waals surface area contributed by atoms with Crippen LogP contribution in [0.5, 0.6) is 0 Å². The number of benzene rings is 1. The molecule has 1 aromatic carbocycles. The van der Waals surface area contributed by atoms with Gasteiger partial charge < -0.3 is 4.57 Å². The third-order valence-corrected chi connectivity index (χ3v) is 7.92. The Morgan fingerprint density at radius 2 is 1.56 bits per heavy atom. The number of carbonyl (C=O) groups excluding carboxylic acids is 2. The smallest absolute Gasteiger partial charge is 0.265 e. The molecule has 0 saturated carbocycles. The Kier molecular flexibility index (Phi) is 8.54. The van der Waals surface area contributed by atoms with Gasteiger partial charge >= 0.3 is 0 Å². The fraction of sp³-hybridized carbons (Fsp3) is 0.345. The van der Waals surface area contributed by atoms with Gasteiger partial charge in [0, 0.05) is 52.1 Å². The number of rotatable bonds is 10. The highest BCUT2D eigenvalue weighted by Crippen LogP contribution is 2.27. The Hall–Kier alpha value is -3.03. The number of likely N-dealkylation sites (N-methyl/N-ethyl adjacent to an activating group) is 2. The first kappa shape index (κ1) is 26.0. The van der Waals surface area contributed by atoms with Gasteiger partial charge in [0.2, 0.25) is 0 Å². The van der Waals surface area contributed by atoms with Crippen LogP contribution in [0.3, 0.4) is 0 Å². The fourth-order valence-corrected chi connectivity index (χ4v) is 5.82. The zero-order valence-corrected chi connectivity index (χ0v) is 22.8. The number of carbonyl (C=O) groups is 2. The molecule has 7 heteroatoms. The standard InChI is InChI=1S/C29H33N3O2S2/c1-4-7-8-11-18-30-20-21(24-12-9-10-13-26(24)30)14-15-22-16-17-23(36-22)19-25-27(33)31(5-2)29(35)32(6-3)28(25)34/h9-10,12-17,19-20H,4-8,11,18H2,1-3H3/b15-14+. The predicted octanol–water partition coefficient (Wildman–Crippen LogP) is 6.83. The van der Waals surface area contributed by atoms with Crippen molar-refractivity contribution in [2.75, 3.05) is 13.1 Å². The lowest BCUT2D eigenvalue weighted by Crippen LogP contribution is -2.55. The lowest BCUT2D eigenvalue weighted by molar-refractivity contribution is -0.133. The van der Waals surface area contributed by atoms with E-state index in [1.165, 1.54) is 51.9 Å². The molecule has 0 radical (unpaired) electrons. The average Bonchev–Trinajstić information content (AvgIpc) is 3.48.